The third kappa shape index (κ3) is 3.29. The monoisotopic (exact) mass is 330 g/mol. The summed E-state index contributed by atoms with van der Waals surface area (Å²) in [6.45, 7) is 2.37. The number of hydrogen-bond donors (Lipinski definition) is 0. The smallest absolute Gasteiger partial charge is 0.254 e. The predicted octanol–water partition coefficient (Wildman–Crippen LogP) is 3.05. The molecule has 118 valence electrons. The second kappa shape index (κ2) is 6.29. The number of carbonyl (C=O) groups excluding carboxylic acids is 1. The molecule has 7 heteroatoms. The van der Waals surface area contributed by atoms with Crippen molar-refractivity contribution in [3.63, 3.8) is 0 Å². The van der Waals surface area contributed by atoms with E-state index in [2.05, 4.69) is 10.1 Å². The molecular formula is C16H15FN4OS. The van der Waals surface area contributed by atoms with Crippen molar-refractivity contribution in [2.45, 2.75) is 13.5 Å². The first-order chi connectivity index (χ1) is 11.0. The van der Waals surface area contributed by atoms with Crippen LogP contribution in [-0.2, 0) is 6.54 Å². The van der Waals surface area contributed by atoms with Gasteiger partial charge in [0.1, 0.15) is 11.5 Å². The van der Waals surface area contributed by atoms with Crippen LogP contribution in [0.1, 0.15) is 20.2 Å². The highest BCUT2D eigenvalue weighted by molar-refractivity contribution is 7.11. The van der Waals surface area contributed by atoms with Crippen molar-refractivity contribution in [1.82, 2.24) is 19.7 Å². The van der Waals surface area contributed by atoms with Gasteiger partial charge in [0, 0.05) is 36.1 Å². The fourth-order valence-corrected chi connectivity index (χ4v) is 3.09. The molecule has 3 rings (SSSR count). The van der Waals surface area contributed by atoms with Gasteiger partial charge in [-0.3, -0.25) is 4.79 Å². The summed E-state index contributed by atoms with van der Waals surface area (Å²) in [4.78, 5) is 19.1. The van der Waals surface area contributed by atoms with Crippen molar-refractivity contribution in [2.24, 2.45) is 0 Å². The molecule has 0 radical (unpaired) electrons. The lowest BCUT2D eigenvalue weighted by Crippen LogP contribution is -2.26. The molecule has 2 heterocycles. The minimum Gasteiger partial charge on any atom is -0.337 e. The van der Waals surface area contributed by atoms with Gasteiger partial charge >= 0.3 is 0 Å². The maximum absolute atomic E-state index is 14.2. The summed E-state index contributed by atoms with van der Waals surface area (Å²) < 4.78 is 15.7. The van der Waals surface area contributed by atoms with E-state index in [1.807, 2.05) is 6.92 Å². The fourth-order valence-electron chi connectivity index (χ4n) is 2.24. The average molecular weight is 330 g/mol. The number of rotatable bonds is 4. The molecule has 2 aromatic heterocycles. The number of nitrogens with zero attached hydrogens (tertiary/aromatic N) is 4. The number of thiazole rings is 1. The second-order valence-electron chi connectivity index (χ2n) is 5.12. The van der Waals surface area contributed by atoms with E-state index in [1.54, 1.807) is 60.1 Å². The van der Waals surface area contributed by atoms with Gasteiger partial charge in [0.15, 0.2) is 0 Å². The molecule has 0 spiro atoms. The zero-order valence-electron chi connectivity index (χ0n) is 12.7. The van der Waals surface area contributed by atoms with Crippen LogP contribution in [0.25, 0.3) is 5.69 Å². The van der Waals surface area contributed by atoms with Crippen molar-refractivity contribution in [3.8, 4) is 5.69 Å². The van der Waals surface area contributed by atoms with Gasteiger partial charge in [-0.15, -0.1) is 11.3 Å². The van der Waals surface area contributed by atoms with Crippen LogP contribution in [0.2, 0.25) is 0 Å². The van der Waals surface area contributed by atoms with Crippen LogP contribution < -0.4 is 0 Å². The van der Waals surface area contributed by atoms with Crippen molar-refractivity contribution >= 4 is 17.2 Å². The summed E-state index contributed by atoms with van der Waals surface area (Å²) in [6, 6.07) is 6.12. The third-order valence-corrected chi connectivity index (χ3v) is 4.25. The Kier molecular flexibility index (Phi) is 4.20. The summed E-state index contributed by atoms with van der Waals surface area (Å²) in [6.07, 6.45) is 4.98. The van der Waals surface area contributed by atoms with Gasteiger partial charge in [-0.1, -0.05) is 0 Å². The highest BCUT2D eigenvalue weighted by Gasteiger charge is 2.16. The van der Waals surface area contributed by atoms with Crippen LogP contribution in [-0.4, -0.2) is 32.6 Å². The molecule has 23 heavy (non-hydrogen) atoms. The molecule has 0 aliphatic heterocycles. The SMILES string of the molecule is Cc1ncc(CN(C)C(=O)c2ccc(-n3cccn3)c(F)c2)s1. The van der Waals surface area contributed by atoms with Crippen molar-refractivity contribution < 1.29 is 9.18 Å². The van der Waals surface area contributed by atoms with Gasteiger partial charge in [-0.25, -0.2) is 14.1 Å². The van der Waals surface area contributed by atoms with E-state index in [4.69, 9.17) is 0 Å². The van der Waals surface area contributed by atoms with Gasteiger partial charge < -0.3 is 4.90 Å². The van der Waals surface area contributed by atoms with Crippen LogP contribution in [0.4, 0.5) is 4.39 Å². The van der Waals surface area contributed by atoms with E-state index in [0.29, 0.717) is 17.8 Å². The maximum Gasteiger partial charge on any atom is 0.254 e. The Morgan fingerprint density at radius 3 is 2.87 bits per heavy atom. The highest BCUT2D eigenvalue weighted by Crippen LogP contribution is 2.18. The van der Waals surface area contributed by atoms with E-state index in [9.17, 15) is 9.18 Å². The van der Waals surface area contributed by atoms with E-state index >= 15 is 0 Å². The quantitative estimate of drug-likeness (QED) is 0.739. The van der Waals surface area contributed by atoms with E-state index in [-0.39, 0.29) is 5.91 Å². The maximum atomic E-state index is 14.2. The molecule has 1 amide bonds. The largest absolute Gasteiger partial charge is 0.337 e. The molecule has 1 aromatic carbocycles. The van der Waals surface area contributed by atoms with Crippen molar-refractivity contribution in [2.75, 3.05) is 7.05 Å². The molecular weight excluding hydrogens is 315 g/mol. The van der Waals surface area contributed by atoms with E-state index in [0.717, 1.165) is 9.88 Å². The standard InChI is InChI=1S/C16H15FN4OS/c1-11-18-9-13(23-11)10-20(2)16(22)12-4-5-15(14(17)8-12)21-7-3-6-19-21/h3-9H,10H2,1-2H3. The molecule has 0 unspecified atom stereocenters. The lowest BCUT2D eigenvalue weighted by Gasteiger charge is -2.16. The first-order valence-electron chi connectivity index (χ1n) is 7.01. The average Bonchev–Trinajstić information content (AvgIpc) is 3.18. The van der Waals surface area contributed by atoms with Crippen LogP contribution in [0.5, 0.6) is 0 Å². The number of benzene rings is 1. The second-order valence-corrected chi connectivity index (χ2v) is 6.44. The molecule has 0 aliphatic rings. The molecule has 0 saturated heterocycles. The van der Waals surface area contributed by atoms with E-state index in [1.165, 1.54) is 10.7 Å². The van der Waals surface area contributed by atoms with Gasteiger partial charge in [-0.05, 0) is 31.2 Å². The van der Waals surface area contributed by atoms with Crippen LogP contribution in [0, 0.1) is 12.7 Å². The molecule has 5 nitrogen and oxygen atoms in total. The normalized spacial score (nSPS) is 10.7. The number of carbonyl (C=O) groups is 1. The topological polar surface area (TPSA) is 51.0 Å². The Labute approximate surface area is 137 Å². The number of amides is 1. The van der Waals surface area contributed by atoms with E-state index < -0.39 is 5.82 Å². The van der Waals surface area contributed by atoms with Gasteiger partial charge in [-0.2, -0.15) is 5.10 Å². The minimum atomic E-state index is -0.485. The van der Waals surface area contributed by atoms with Gasteiger partial charge in [0.25, 0.3) is 5.91 Å². The van der Waals surface area contributed by atoms with Crippen LogP contribution in [0.15, 0.2) is 42.9 Å². The Morgan fingerprint density at radius 1 is 1.43 bits per heavy atom. The summed E-state index contributed by atoms with van der Waals surface area (Å²) >= 11 is 1.54. The summed E-state index contributed by atoms with van der Waals surface area (Å²) in [5.74, 6) is -0.719. The summed E-state index contributed by atoms with van der Waals surface area (Å²) in [7, 11) is 1.69. The van der Waals surface area contributed by atoms with Crippen LogP contribution >= 0.6 is 11.3 Å². The summed E-state index contributed by atoms with van der Waals surface area (Å²) in [5, 5.41) is 4.94. The molecule has 0 fully saturated rings. The molecule has 0 N–H and O–H groups in total. The van der Waals surface area contributed by atoms with Gasteiger partial charge in [0.05, 0.1) is 11.6 Å². The molecule has 0 bridgehead atoms. The third-order valence-electron chi connectivity index (χ3n) is 3.35. The minimum absolute atomic E-state index is 0.234. The zero-order valence-corrected chi connectivity index (χ0v) is 13.5. The highest BCUT2D eigenvalue weighted by atomic mass is 32.1. The fraction of sp³-hybridized carbons (Fsp3) is 0.188. The Balaban J connectivity index is 1.78. The Hall–Kier alpha value is -2.54. The lowest BCUT2D eigenvalue weighted by molar-refractivity contribution is 0.0786. The number of halogens is 1. The first-order valence-corrected chi connectivity index (χ1v) is 7.82. The van der Waals surface area contributed by atoms with Crippen molar-refractivity contribution in [1.29, 1.82) is 0 Å². The molecule has 0 saturated carbocycles. The predicted molar refractivity (Wildman–Crippen MR) is 86.2 cm³/mol. The Morgan fingerprint density at radius 2 is 2.26 bits per heavy atom. The number of aryl methyl sites for hydroxylation is 1. The first kappa shape index (κ1) is 15.4. The molecule has 0 aliphatic carbocycles. The molecule has 3 aromatic rings. The van der Waals surface area contributed by atoms with Crippen LogP contribution in [0.3, 0.4) is 0 Å². The van der Waals surface area contributed by atoms with Gasteiger partial charge in [0.2, 0.25) is 0 Å². The molecule has 0 atom stereocenters. The number of aromatic nitrogens is 3. The van der Waals surface area contributed by atoms with Crippen molar-refractivity contribution in [3.05, 3.63) is 64.1 Å². The number of hydrogen-bond acceptors (Lipinski definition) is 4. The Bertz CT molecular complexity index is 828. The zero-order chi connectivity index (χ0) is 16.4. The lowest BCUT2D eigenvalue weighted by atomic mass is 10.1. The summed E-state index contributed by atoms with van der Waals surface area (Å²) in [5.41, 5.74) is 0.620.